The highest BCUT2D eigenvalue weighted by atomic mass is 35.5. The van der Waals surface area contributed by atoms with Crippen molar-refractivity contribution in [2.24, 2.45) is 5.92 Å². The Morgan fingerprint density at radius 2 is 1.93 bits per heavy atom. The van der Waals surface area contributed by atoms with Crippen molar-refractivity contribution in [1.29, 1.82) is 0 Å². The molecule has 27 heavy (non-hydrogen) atoms. The number of carbonyl (C=O) groups excluding carboxylic acids is 1. The second-order valence-electron chi connectivity index (χ2n) is 7.24. The predicted octanol–water partition coefficient (Wildman–Crippen LogP) is 3.96. The molecule has 2 aromatic rings. The summed E-state index contributed by atoms with van der Waals surface area (Å²) in [5.74, 6) is 0.442. The topological polar surface area (TPSA) is 45.7 Å². The molecule has 0 unspecified atom stereocenters. The number of morpholine rings is 1. The summed E-state index contributed by atoms with van der Waals surface area (Å²) >= 11 is 1.64. The lowest BCUT2D eigenvalue weighted by molar-refractivity contribution is -0.123. The van der Waals surface area contributed by atoms with Crippen molar-refractivity contribution in [3.8, 4) is 0 Å². The lowest BCUT2D eigenvalue weighted by Crippen LogP contribution is -2.45. The van der Waals surface area contributed by atoms with Gasteiger partial charge in [-0.25, -0.2) is 4.98 Å². The van der Waals surface area contributed by atoms with E-state index < -0.39 is 0 Å². The normalized spacial score (nSPS) is 19.0. The molecule has 1 aliphatic heterocycles. The number of rotatable bonds is 5. The van der Waals surface area contributed by atoms with Crippen LogP contribution in [-0.2, 0) is 9.53 Å². The summed E-state index contributed by atoms with van der Waals surface area (Å²) in [4.78, 5) is 22.4. The lowest BCUT2D eigenvalue weighted by Gasteiger charge is -2.31. The van der Waals surface area contributed by atoms with Crippen LogP contribution in [-0.4, -0.2) is 55.2 Å². The average molecular weight is 410 g/mol. The Bertz CT molecular complexity index is 709. The molecule has 5 nitrogen and oxygen atoms in total. The van der Waals surface area contributed by atoms with Crippen molar-refractivity contribution in [2.75, 3.05) is 44.3 Å². The third kappa shape index (κ3) is 4.99. The zero-order valence-corrected chi connectivity index (χ0v) is 17.3. The number of para-hydroxylation sites is 1. The van der Waals surface area contributed by atoms with E-state index in [9.17, 15) is 4.79 Å². The Labute approximate surface area is 171 Å². The van der Waals surface area contributed by atoms with Crippen molar-refractivity contribution in [3.05, 3.63) is 24.3 Å². The number of hydrogen-bond acceptors (Lipinski definition) is 5. The SMILES string of the molecule is Cl.O=C(C1CCCCC1)N(CCN1CCOCC1)c1nc2ccccc2s1. The van der Waals surface area contributed by atoms with Crippen LogP contribution in [0, 0.1) is 5.92 Å². The van der Waals surface area contributed by atoms with Gasteiger partial charge in [-0.2, -0.15) is 0 Å². The zero-order valence-electron chi connectivity index (χ0n) is 15.6. The van der Waals surface area contributed by atoms with E-state index in [1.165, 1.54) is 19.3 Å². The Hall–Kier alpha value is -1.21. The van der Waals surface area contributed by atoms with Gasteiger partial charge in [-0.05, 0) is 25.0 Å². The van der Waals surface area contributed by atoms with Crippen LogP contribution >= 0.6 is 23.7 Å². The fourth-order valence-corrected chi connectivity index (χ4v) is 4.91. The summed E-state index contributed by atoms with van der Waals surface area (Å²) in [6, 6.07) is 8.15. The van der Waals surface area contributed by atoms with E-state index in [4.69, 9.17) is 9.72 Å². The quantitative estimate of drug-likeness (QED) is 0.749. The van der Waals surface area contributed by atoms with Gasteiger partial charge in [-0.3, -0.25) is 14.6 Å². The molecule has 1 saturated carbocycles. The summed E-state index contributed by atoms with van der Waals surface area (Å²) < 4.78 is 6.59. The van der Waals surface area contributed by atoms with Crippen LogP contribution in [0.5, 0.6) is 0 Å². The second-order valence-corrected chi connectivity index (χ2v) is 8.25. The second kappa shape index (κ2) is 9.82. The fourth-order valence-electron chi connectivity index (χ4n) is 3.91. The molecule has 1 amide bonds. The molecule has 148 valence electrons. The van der Waals surface area contributed by atoms with E-state index in [1.807, 2.05) is 23.1 Å². The molecule has 2 fully saturated rings. The van der Waals surface area contributed by atoms with Crippen molar-refractivity contribution in [1.82, 2.24) is 9.88 Å². The van der Waals surface area contributed by atoms with Gasteiger partial charge >= 0.3 is 0 Å². The molecule has 7 heteroatoms. The number of ether oxygens (including phenoxy) is 1. The molecule has 2 aliphatic rings. The van der Waals surface area contributed by atoms with Gasteiger partial charge in [0.25, 0.3) is 0 Å². The number of nitrogens with zero attached hydrogens (tertiary/aromatic N) is 3. The molecular weight excluding hydrogens is 382 g/mol. The van der Waals surface area contributed by atoms with Gasteiger partial charge in [-0.1, -0.05) is 42.7 Å². The Kier molecular flexibility index (Phi) is 7.47. The lowest BCUT2D eigenvalue weighted by atomic mass is 9.88. The first-order valence-corrected chi connectivity index (χ1v) is 10.6. The summed E-state index contributed by atoms with van der Waals surface area (Å²) in [5, 5.41) is 0.857. The van der Waals surface area contributed by atoms with Crippen molar-refractivity contribution >= 4 is 45.0 Å². The maximum absolute atomic E-state index is 13.3. The molecule has 2 heterocycles. The van der Waals surface area contributed by atoms with E-state index in [0.717, 1.165) is 67.6 Å². The smallest absolute Gasteiger partial charge is 0.231 e. The molecule has 1 saturated heterocycles. The number of fused-ring (bicyclic) bond motifs is 1. The van der Waals surface area contributed by atoms with Gasteiger partial charge in [0.2, 0.25) is 5.91 Å². The van der Waals surface area contributed by atoms with E-state index in [2.05, 4.69) is 11.0 Å². The minimum absolute atomic E-state index is 0. The standard InChI is InChI=1S/C20H27N3O2S.ClH/c24-19(16-6-2-1-3-7-16)23(11-10-22-12-14-25-15-13-22)20-21-17-8-4-5-9-18(17)26-20;/h4-5,8-9,16H,1-3,6-7,10-15H2;1H. The van der Waals surface area contributed by atoms with Crippen LogP contribution in [0.2, 0.25) is 0 Å². The molecule has 1 aromatic carbocycles. The molecule has 0 bridgehead atoms. The number of carbonyl (C=O) groups is 1. The molecule has 0 spiro atoms. The third-order valence-electron chi connectivity index (χ3n) is 5.48. The molecule has 4 rings (SSSR count). The molecule has 0 radical (unpaired) electrons. The van der Waals surface area contributed by atoms with Crippen LogP contribution in [0.15, 0.2) is 24.3 Å². The number of halogens is 1. The Morgan fingerprint density at radius 3 is 2.67 bits per heavy atom. The van der Waals surface area contributed by atoms with Crippen molar-refractivity contribution in [2.45, 2.75) is 32.1 Å². The van der Waals surface area contributed by atoms with Gasteiger partial charge in [-0.15, -0.1) is 12.4 Å². The van der Waals surface area contributed by atoms with Crippen LogP contribution in [0.3, 0.4) is 0 Å². The first-order chi connectivity index (χ1) is 12.8. The number of amides is 1. The largest absolute Gasteiger partial charge is 0.379 e. The third-order valence-corrected chi connectivity index (χ3v) is 6.54. The maximum atomic E-state index is 13.3. The highest BCUT2D eigenvalue weighted by Gasteiger charge is 2.29. The molecule has 0 atom stereocenters. The predicted molar refractivity (Wildman–Crippen MR) is 113 cm³/mol. The fraction of sp³-hybridized carbons (Fsp3) is 0.600. The highest BCUT2D eigenvalue weighted by molar-refractivity contribution is 7.22. The first-order valence-electron chi connectivity index (χ1n) is 9.78. The minimum atomic E-state index is 0. The maximum Gasteiger partial charge on any atom is 0.231 e. The zero-order chi connectivity index (χ0) is 17.8. The van der Waals surface area contributed by atoms with E-state index in [0.29, 0.717) is 0 Å². The summed E-state index contributed by atoms with van der Waals surface area (Å²) in [6.07, 6.45) is 5.66. The van der Waals surface area contributed by atoms with Crippen molar-refractivity contribution in [3.63, 3.8) is 0 Å². The van der Waals surface area contributed by atoms with Gasteiger partial charge < -0.3 is 4.74 Å². The molecule has 0 N–H and O–H groups in total. The Balaban J connectivity index is 0.00000210. The van der Waals surface area contributed by atoms with Gasteiger partial charge in [0.1, 0.15) is 0 Å². The number of thiazole rings is 1. The Morgan fingerprint density at radius 1 is 1.19 bits per heavy atom. The van der Waals surface area contributed by atoms with Gasteiger partial charge in [0.15, 0.2) is 5.13 Å². The number of hydrogen-bond donors (Lipinski definition) is 0. The van der Waals surface area contributed by atoms with Crippen LogP contribution in [0.1, 0.15) is 32.1 Å². The minimum Gasteiger partial charge on any atom is -0.379 e. The summed E-state index contributed by atoms with van der Waals surface area (Å²) in [7, 11) is 0. The number of aromatic nitrogens is 1. The molecule has 1 aliphatic carbocycles. The van der Waals surface area contributed by atoms with Crippen LogP contribution in [0.4, 0.5) is 5.13 Å². The molecular formula is C20H28ClN3O2S. The summed E-state index contributed by atoms with van der Waals surface area (Å²) in [5.41, 5.74) is 0.986. The average Bonchev–Trinajstić information content (AvgIpc) is 3.13. The number of benzene rings is 1. The van der Waals surface area contributed by atoms with Crippen LogP contribution < -0.4 is 4.90 Å². The van der Waals surface area contributed by atoms with E-state index >= 15 is 0 Å². The highest BCUT2D eigenvalue weighted by Crippen LogP contribution is 2.32. The van der Waals surface area contributed by atoms with E-state index in [-0.39, 0.29) is 24.2 Å². The molecule has 1 aromatic heterocycles. The number of anilines is 1. The monoisotopic (exact) mass is 409 g/mol. The van der Waals surface area contributed by atoms with Gasteiger partial charge in [0, 0.05) is 32.1 Å². The van der Waals surface area contributed by atoms with E-state index in [1.54, 1.807) is 11.3 Å². The van der Waals surface area contributed by atoms with Gasteiger partial charge in [0.05, 0.1) is 23.4 Å². The van der Waals surface area contributed by atoms with Crippen molar-refractivity contribution < 1.29 is 9.53 Å². The summed E-state index contributed by atoms with van der Waals surface area (Å²) in [6.45, 7) is 5.08. The first kappa shape index (κ1) is 20.5. The van der Waals surface area contributed by atoms with Crippen LogP contribution in [0.25, 0.3) is 10.2 Å².